The third-order valence-electron chi connectivity index (χ3n) is 6.81. The van der Waals surface area contributed by atoms with Crippen molar-refractivity contribution in [1.82, 2.24) is 5.01 Å². The Morgan fingerprint density at radius 3 is 2.25 bits per heavy atom. The monoisotopic (exact) mass is 875 g/mol. The zero-order valence-corrected chi connectivity index (χ0v) is 32.2. The summed E-state index contributed by atoms with van der Waals surface area (Å²) in [5.41, 5.74) is 5.02. The first kappa shape index (κ1) is 43.5. The Hall–Kier alpha value is -5.19. The summed E-state index contributed by atoms with van der Waals surface area (Å²) in [6, 6.07) is 11.6. The van der Waals surface area contributed by atoms with E-state index in [1.165, 1.54) is 56.6 Å². The number of fused-ring (bicyclic) bond motifs is 1. The molecule has 0 saturated heterocycles. The van der Waals surface area contributed by atoms with Crippen molar-refractivity contribution < 1.29 is 68.1 Å². The highest BCUT2D eigenvalue weighted by molar-refractivity contribution is 8.04. The Bertz CT molecular complexity index is 2580. The number of nitrogens with zero attached hydrogens (tertiary/aromatic N) is 6. The predicted octanol–water partition coefficient (Wildman–Crippen LogP) is 5.79. The molecule has 0 aliphatic rings. The number of azo groups is 2. The molecule has 0 aromatic heterocycles. The minimum atomic E-state index is -5.16. The lowest BCUT2D eigenvalue weighted by atomic mass is 10.1. The number of nitroso groups, excluding NO2 is 1. The molecule has 0 spiro atoms. The molecule has 4 aromatic rings. The van der Waals surface area contributed by atoms with Crippen molar-refractivity contribution >= 4 is 93.4 Å². The van der Waals surface area contributed by atoms with Gasteiger partial charge >= 0.3 is 10.4 Å². The topological polar surface area (TPSA) is 338 Å². The first-order valence-electron chi connectivity index (χ1n) is 14.5. The number of thioether (sulfide) groups is 1. The minimum absolute atomic E-state index is 0.0260. The maximum Gasteiger partial charge on any atom is 0.433 e. The number of phenols is 1. The molecular formula is C28H25N7O16S5. The largest absolute Gasteiger partial charge is 0.505 e. The number of hydrogen-bond donors (Lipinski definition) is 5. The van der Waals surface area contributed by atoms with E-state index in [9.17, 15) is 39.8 Å². The van der Waals surface area contributed by atoms with Crippen molar-refractivity contribution in [3.05, 3.63) is 59.5 Å². The highest BCUT2D eigenvalue weighted by atomic mass is 32.3. The van der Waals surface area contributed by atoms with E-state index in [0.29, 0.717) is 16.9 Å². The third kappa shape index (κ3) is 11.4. The van der Waals surface area contributed by atoms with Crippen LogP contribution < -0.4 is 10.5 Å². The average molecular weight is 876 g/mol. The molecule has 0 bridgehead atoms. The highest BCUT2D eigenvalue weighted by Crippen LogP contribution is 2.49. The maximum absolute atomic E-state index is 12.9. The molecule has 0 aliphatic heterocycles. The summed E-state index contributed by atoms with van der Waals surface area (Å²) in [6.45, 7) is -0.237. The van der Waals surface area contributed by atoms with E-state index in [4.69, 9.17) is 20.3 Å². The van der Waals surface area contributed by atoms with Crippen LogP contribution in [0.15, 0.2) is 99.9 Å². The van der Waals surface area contributed by atoms with Crippen molar-refractivity contribution in [1.29, 1.82) is 0 Å². The molecule has 0 unspecified atom stereocenters. The zero-order valence-electron chi connectivity index (χ0n) is 28.1. The Morgan fingerprint density at radius 2 is 1.62 bits per heavy atom. The second-order valence-electron chi connectivity index (χ2n) is 10.4. The van der Waals surface area contributed by atoms with Gasteiger partial charge in [0, 0.05) is 17.2 Å². The molecule has 0 radical (unpaired) electrons. The summed E-state index contributed by atoms with van der Waals surface area (Å²) in [5, 5.41) is 45.3. The smallest absolute Gasteiger partial charge is 0.433 e. The van der Waals surface area contributed by atoms with E-state index in [2.05, 4.69) is 49.6 Å². The van der Waals surface area contributed by atoms with Gasteiger partial charge in [-0.15, -0.1) is 24.6 Å². The van der Waals surface area contributed by atoms with Crippen LogP contribution in [0.4, 0.5) is 28.4 Å². The number of phenolic OH excluding ortho intramolecular Hbond substituents is 1. The molecule has 298 valence electrons. The maximum atomic E-state index is 12.9. The number of nitrogen functional groups attached to an aromatic ring is 1. The van der Waals surface area contributed by atoms with E-state index in [-0.39, 0.29) is 55.6 Å². The van der Waals surface area contributed by atoms with Crippen molar-refractivity contribution in [3.8, 4) is 22.9 Å². The number of anilines is 1. The van der Waals surface area contributed by atoms with Gasteiger partial charge < -0.3 is 15.6 Å². The molecule has 6 N–H and O–H groups in total. The summed E-state index contributed by atoms with van der Waals surface area (Å²) in [5.74, 6) is -1.47. The van der Waals surface area contributed by atoms with Crippen LogP contribution in [-0.4, -0.2) is 76.2 Å². The number of sulfone groups is 1. The molecule has 28 heteroatoms. The standard InChI is InChI=1S/C28H25N7O16S5/c1-35(34-37)9-12-54(39,40)19-7-8-21(47-2)20(15-19)31-33-27-23(55(41,42)43)14-16-13-22(53-50-49-38)26(25(29)24(16)28(27)36)32-30-17-3-5-18(6-4-17)52-11-10-48-51-56(44,45)46/h3-8,13-15,36,38H,9,12,29H2,1-2H3,(H,41,42,43)(H,44,45,46). The highest BCUT2D eigenvalue weighted by Gasteiger charge is 2.26. The second-order valence-corrected chi connectivity index (χ2v) is 16.5. The first-order valence-corrected chi connectivity index (χ1v) is 20.5. The molecule has 4 rings (SSSR count). The zero-order chi connectivity index (χ0) is 41.3. The van der Waals surface area contributed by atoms with Gasteiger partial charge in [0.05, 0.1) is 63.3 Å². The van der Waals surface area contributed by atoms with E-state index in [0.717, 1.165) is 28.9 Å². The number of rotatable bonds is 17. The SMILES string of the molecule is COc1ccc(S(=O)(=O)CCN(C)N=O)cc1N=Nc1c(S(=O)(=O)O)cc2cc(SOOO)c(N=Nc3ccc(SC#COOS(=O)(=O)O)cc3)c(N)c2c1O. The Morgan fingerprint density at radius 1 is 0.929 bits per heavy atom. The van der Waals surface area contributed by atoms with Crippen molar-refractivity contribution in [2.24, 2.45) is 25.7 Å². The van der Waals surface area contributed by atoms with Crippen LogP contribution in [0.5, 0.6) is 11.5 Å². The van der Waals surface area contributed by atoms with Gasteiger partial charge in [0.1, 0.15) is 27.7 Å². The fourth-order valence-electron chi connectivity index (χ4n) is 4.32. The molecule has 0 aliphatic carbocycles. The van der Waals surface area contributed by atoms with Gasteiger partial charge in [-0.25, -0.2) is 13.7 Å². The quantitative estimate of drug-likeness (QED) is 0.00964. The van der Waals surface area contributed by atoms with Crippen molar-refractivity contribution in [2.45, 2.75) is 19.6 Å². The molecule has 0 atom stereocenters. The van der Waals surface area contributed by atoms with Gasteiger partial charge in [-0.2, -0.15) is 21.9 Å². The molecule has 4 aromatic carbocycles. The van der Waals surface area contributed by atoms with Crippen LogP contribution in [0.3, 0.4) is 0 Å². The molecular weight excluding hydrogens is 851 g/mol. The Labute approximate surface area is 325 Å². The number of benzene rings is 4. The van der Waals surface area contributed by atoms with Crippen LogP contribution in [0, 0.1) is 16.3 Å². The van der Waals surface area contributed by atoms with Crippen LogP contribution in [0.2, 0.25) is 0 Å². The molecule has 23 nitrogen and oxygen atoms in total. The molecule has 0 heterocycles. The van der Waals surface area contributed by atoms with Crippen LogP contribution >= 0.6 is 23.8 Å². The lowest BCUT2D eigenvalue weighted by Crippen LogP contribution is -2.21. The molecule has 56 heavy (non-hydrogen) atoms. The first-order chi connectivity index (χ1) is 26.4. The average Bonchev–Trinajstić information content (AvgIpc) is 3.14. The Balaban J connectivity index is 1.79. The lowest BCUT2D eigenvalue weighted by Gasteiger charge is -2.14. The van der Waals surface area contributed by atoms with Gasteiger partial charge in [0.2, 0.25) is 0 Å². The second kappa shape index (κ2) is 18.6. The molecule has 0 fully saturated rings. The number of nitrogens with two attached hydrogens (primary N) is 1. The number of methoxy groups -OCH3 is 1. The van der Waals surface area contributed by atoms with E-state index in [1.807, 2.05) is 6.11 Å². The fraction of sp³-hybridized carbons (Fsp3) is 0.143. The normalized spacial score (nSPS) is 12.2. The fourth-order valence-corrected chi connectivity index (χ4v) is 7.38. The van der Waals surface area contributed by atoms with Crippen LogP contribution in [0.1, 0.15) is 0 Å². The van der Waals surface area contributed by atoms with Crippen molar-refractivity contribution in [2.75, 3.05) is 32.2 Å². The number of ether oxygens (including phenoxy) is 1. The van der Waals surface area contributed by atoms with Crippen LogP contribution in [0.25, 0.3) is 10.8 Å². The summed E-state index contributed by atoms with van der Waals surface area (Å²) in [4.78, 5) is 13.9. The third-order valence-corrected chi connectivity index (χ3v) is 10.9. The molecule has 0 saturated carbocycles. The van der Waals surface area contributed by atoms with Gasteiger partial charge in [-0.1, -0.05) is 5.04 Å². The Kier molecular flexibility index (Phi) is 14.5. The minimum Gasteiger partial charge on any atom is -0.505 e. The summed E-state index contributed by atoms with van der Waals surface area (Å²) < 4.78 is 104. The summed E-state index contributed by atoms with van der Waals surface area (Å²) in [6.07, 6.45) is 1.89. The summed E-state index contributed by atoms with van der Waals surface area (Å²) in [7, 11) is -11.5. The van der Waals surface area contributed by atoms with Gasteiger partial charge in [0.25, 0.3) is 10.1 Å². The van der Waals surface area contributed by atoms with Crippen molar-refractivity contribution in [3.63, 3.8) is 0 Å². The van der Waals surface area contributed by atoms with Gasteiger partial charge in [-0.05, 0) is 76.1 Å². The predicted molar refractivity (Wildman–Crippen MR) is 196 cm³/mol. The van der Waals surface area contributed by atoms with E-state index >= 15 is 0 Å². The van der Waals surface area contributed by atoms with Gasteiger partial charge in [0.15, 0.2) is 21.7 Å². The number of aromatic hydroxyl groups is 1. The van der Waals surface area contributed by atoms with Gasteiger partial charge in [-0.3, -0.25) is 19.0 Å². The molecule has 0 amide bonds. The van der Waals surface area contributed by atoms with E-state index < -0.39 is 52.4 Å². The lowest BCUT2D eigenvalue weighted by molar-refractivity contribution is -0.432. The van der Waals surface area contributed by atoms with Crippen LogP contribution in [-0.2, 0) is 48.9 Å². The number of hydrogen-bond acceptors (Lipinski definition) is 22. The van der Waals surface area contributed by atoms with E-state index in [1.54, 1.807) is 0 Å². The summed E-state index contributed by atoms with van der Waals surface area (Å²) >= 11 is 1.23.